The van der Waals surface area contributed by atoms with E-state index in [-0.39, 0.29) is 17.9 Å². The van der Waals surface area contributed by atoms with Gasteiger partial charge in [0.05, 0.1) is 5.56 Å². The molecule has 1 aromatic carbocycles. The van der Waals surface area contributed by atoms with Crippen LogP contribution in [-0.4, -0.2) is 23.7 Å². The fraction of sp³-hybridized carbons (Fsp3) is 0.167. The molecule has 1 rings (SSSR count). The van der Waals surface area contributed by atoms with Crippen molar-refractivity contribution in [2.45, 2.75) is 6.92 Å². The Balaban J connectivity index is 3.04. The maximum Gasteiger partial charge on any atom is 0.335 e. The number of hydrogen-bond donors (Lipinski definition) is 1. The van der Waals surface area contributed by atoms with Crippen LogP contribution >= 0.6 is 0 Å². The number of carbonyl (C=O) groups excluding carboxylic acids is 1. The van der Waals surface area contributed by atoms with E-state index >= 15 is 0 Å². The minimum Gasteiger partial charge on any atom is -0.489 e. The predicted octanol–water partition coefficient (Wildman–Crippen LogP) is 1.87. The number of benzene rings is 1. The Kier molecular flexibility index (Phi) is 4.28. The minimum absolute atomic E-state index is 0.0113. The molecule has 0 aliphatic carbocycles. The largest absolute Gasteiger partial charge is 0.489 e. The van der Waals surface area contributed by atoms with Crippen LogP contribution < -0.4 is 9.47 Å². The lowest BCUT2D eigenvalue weighted by molar-refractivity contribution is -0.131. The smallest absolute Gasteiger partial charge is 0.335 e. The molecule has 90 valence electrons. The molecule has 0 unspecified atom stereocenters. The van der Waals surface area contributed by atoms with Gasteiger partial charge in [-0.3, -0.25) is 4.79 Å². The van der Waals surface area contributed by atoms with Crippen LogP contribution in [0.3, 0.4) is 0 Å². The summed E-state index contributed by atoms with van der Waals surface area (Å²) >= 11 is 0. The molecule has 0 aliphatic rings. The fourth-order valence-electron chi connectivity index (χ4n) is 1.16. The molecular formula is C12H12O5. The molecule has 0 saturated carbocycles. The van der Waals surface area contributed by atoms with Crippen molar-refractivity contribution in [3.8, 4) is 11.5 Å². The highest BCUT2D eigenvalue weighted by atomic mass is 16.5. The van der Waals surface area contributed by atoms with Crippen LogP contribution in [0.5, 0.6) is 11.5 Å². The third kappa shape index (κ3) is 3.98. The summed E-state index contributed by atoms with van der Waals surface area (Å²) in [6.07, 6.45) is 1.53. The molecule has 0 fully saturated rings. The lowest BCUT2D eigenvalue weighted by Crippen LogP contribution is -2.04. The zero-order chi connectivity index (χ0) is 12.8. The van der Waals surface area contributed by atoms with E-state index in [1.165, 1.54) is 31.2 Å². The van der Waals surface area contributed by atoms with Gasteiger partial charge < -0.3 is 14.6 Å². The summed E-state index contributed by atoms with van der Waals surface area (Å²) in [4.78, 5) is 21.6. The van der Waals surface area contributed by atoms with E-state index in [1.807, 2.05) is 0 Å². The molecule has 0 heterocycles. The van der Waals surface area contributed by atoms with E-state index in [1.54, 1.807) is 0 Å². The molecule has 0 aliphatic heterocycles. The maximum absolute atomic E-state index is 10.8. The van der Waals surface area contributed by atoms with Gasteiger partial charge >= 0.3 is 11.9 Å². The SMILES string of the molecule is C=CCOc1cc(OC(C)=O)cc(C(=O)O)c1. The Labute approximate surface area is 98.3 Å². The molecule has 0 radical (unpaired) electrons. The van der Waals surface area contributed by atoms with Crippen LogP contribution in [0.2, 0.25) is 0 Å². The number of esters is 1. The van der Waals surface area contributed by atoms with Crippen molar-refractivity contribution in [1.82, 2.24) is 0 Å². The molecular weight excluding hydrogens is 224 g/mol. The second-order valence-corrected chi connectivity index (χ2v) is 3.19. The van der Waals surface area contributed by atoms with E-state index in [2.05, 4.69) is 6.58 Å². The van der Waals surface area contributed by atoms with Gasteiger partial charge in [0.15, 0.2) is 0 Å². The zero-order valence-electron chi connectivity index (χ0n) is 9.30. The average molecular weight is 236 g/mol. The van der Waals surface area contributed by atoms with Gasteiger partial charge in [-0.1, -0.05) is 12.7 Å². The molecule has 0 aromatic heterocycles. The minimum atomic E-state index is -1.12. The standard InChI is InChI=1S/C12H12O5/c1-3-4-16-10-5-9(12(14)15)6-11(7-10)17-8(2)13/h3,5-7H,1,4H2,2H3,(H,14,15). The van der Waals surface area contributed by atoms with Crippen LogP contribution in [0.1, 0.15) is 17.3 Å². The summed E-state index contributed by atoms with van der Waals surface area (Å²) in [5, 5.41) is 8.88. The monoisotopic (exact) mass is 236 g/mol. The van der Waals surface area contributed by atoms with E-state index in [0.717, 1.165) is 0 Å². The first-order valence-corrected chi connectivity index (χ1v) is 4.83. The molecule has 5 heteroatoms. The molecule has 0 atom stereocenters. The highest BCUT2D eigenvalue weighted by Crippen LogP contribution is 2.23. The van der Waals surface area contributed by atoms with Gasteiger partial charge in [0.1, 0.15) is 18.1 Å². The maximum atomic E-state index is 10.8. The number of carboxylic acids is 1. The second kappa shape index (κ2) is 5.69. The molecule has 0 bridgehead atoms. The molecule has 1 aromatic rings. The van der Waals surface area contributed by atoms with Crippen LogP contribution in [0.4, 0.5) is 0 Å². The first-order chi connectivity index (χ1) is 8.02. The van der Waals surface area contributed by atoms with Crippen molar-refractivity contribution in [2.24, 2.45) is 0 Å². The normalized spacial score (nSPS) is 9.47. The van der Waals surface area contributed by atoms with E-state index < -0.39 is 11.9 Å². The van der Waals surface area contributed by atoms with Crippen molar-refractivity contribution >= 4 is 11.9 Å². The number of hydrogen-bond acceptors (Lipinski definition) is 4. The lowest BCUT2D eigenvalue weighted by Gasteiger charge is -2.07. The highest BCUT2D eigenvalue weighted by molar-refractivity contribution is 5.89. The number of aromatic carboxylic acids is 1. The van der Waals surface area contributed by atoms with Gasteiger partial charge in [-0.25, -0.2) is 4.79 Å². The summed E-state index contributed by atoms with van der Waals surface area (Å²) in [7, 11) is 0. The third-order valence-electron chi connectivity index (χ3n) is 1.76. The highest BCUT2D eigenvalue weighted by Gasteiger charge is 2.09. The Hall–Kier alpha value is -2.30. The molecule has 0 saturated heterocycles. The van der Waals surface area contributed by atoms with Gasteiger partial charge in [-0.05, 0) is 12.1 Å². The van der Waals surface area contributed by atoms with Gasteiger partial charge in [0, 0.05) is 13.0 Å². The van der Waals surface area contributed by atoms with Gasteiger partial charge in [0.25, 0.3) is 0 Å². The summed E-state index contributed by atoms with van der Waals surface area (Å²) in [5.74, 6) is -1.21. The first-order valence-electron chi connectivity index (χ1n) is 4.83. The van der Waals surface area contributed by atoms with Crippen LogP contribution in [0.15, 0.2) is 30.9 Å². The summed E-state index contributed by atoms with van der Waals surface area (Å²) in [5.41, 5.74) is -0.0113. The van der Waals surface area contributed by atoms with E-state index in [4.69, 9.17) is 14.6 Å². The van der Waals surface area contributed by atoms with Crippen LogP contribution in [0.25, 0.3) is 0 Å². The van der Waals surface area contributed by atoms with Crippen molar-refractivity contribution in [3.05, 3.63) is 36.4 Å². The van der Waals surface area contributed by atoms with Gasteiger partial charge in [-0.15, -0.1) is 0 Å². The van der Waals surface area contributed by atoms with Crippen LogP contribution in [0, 0.1) is 0 Å². The van der Waals surface area contributed by atoms with Gasteiger partial charge in [-0.2, -0.15) is 0 Å². The van der Waals surface area contributed by atoms with Crippen molar-refractivity contribution in [1.29, 1.82) is 0 Å². The Morgan fingerprint density at radius 2 is 2.00 bits per heavy atom. The quantitative estimate of drug-likeness (QED) is 0.480. The molecule has 17 heavy (non-hydrogen) atoms. The third-order valence-corrected chi connectivity index (χ3v) is 1.76. The summed E-state index contributed by atoms with van der Waals surface area (Å²) < 4.78 is 10.0. The Morgan fingerprint density at radius 3 is 2.53 bits per heavy atom. The van der Waals surface area contributed by atoms with Crippen LogP contribution in [-0.2, 0) is 4.79 Å². The van der Waals surface area contributed by atoms with Gasteiger partial charge in [0.2, 0.25) is 0 Å². The molecule has 5 nitrogen and oxygen atoms in total. The fourth-order valence-corrected chi connectivity index (χ4v) is 1.16. The van der Waals surface area contributed by atoms with E-state index in [0.29, 0.717) is 5.75 Å². The summed E-state index contributed by atoms with van der Waals surface area (Å²) in [6, 6.07) is 4.04. The zero-order valence-corrected chi connectivity index (χ0v) is 9.30. The predicted molar refractivity (Wildman–Crippen MR) is 60.4 cm³/mol. The summed E-state index contributed by atoms with van der Waals surface area (Å²) in [6.45, 7) is 4.95. The second-order valence-electron chi connectivity index (χ2n) is 3.19. The molecule has 0 spiro atoms. The number of ether oxygens (including phenoxy) is 2. The van der Waals surface area contributed by atoms with Crippen molar-refractivity contribution in [3.63, 3.8) is 0 Å². The molecule has 1 N–H and O–H groups in total. The first kappa shape index (κ1) is 12.8. The Morgan fingerprint density at radius 1 is 1.35 bits per heavy atom. The van der Waals surface area contributed by atoms with Crippen molar-refractivity contribution in [2.75, 3.05) is 6.61 Å². The topological polar surface area (TPSA) is 72.8 Å². The van der Waals surface area contributed by atoms with Crippen molar-refractivity contribution < 1.29 is 24.2 Å². The number of carbonyl (C=O) groups is 2. The average Bonchev–Trinajstić information content (AvgIpc) is 2.25. The number of rotatable bonds is 5. The van der Waals surface area contributed by atoms with E-state index in [9.17, 15) is 9.59 Å². The number of carboxylic acid groups (broad SMARTS) is 1. The molecule has 0 amide bonds. The lowest BCUT2D eigenvalue weighted by atomic mass is 10.2. The Bertz CT molecular complexity index is 450.